The summed E-state index contributed by atoms with van der Waals surface area (Å²) in [5, 5.41) is 12.3. The average Bonchev–Trinajstić information content (AvgIpc) is 2.41. The van der Waals surface area contributed by atoms with Gasteiger partial charge in [-0.3, -0.25) is 0 Å². The second-order valence-corrected chi connectivity index (χ2v) is 5.00. The second-order valence-electron chi connectivity index (χ2n) is 4.08. The first-order valence-electron chi connectivity index (χ1n) is 5.74. The maximum atomic E-state index is 11.2. The summed E-state index contributed by atoms with van der Waals surface area (Å²) in [5.41, 5.74) is 7.23. The van der Waals surface area contributed by atoms with Crippen LogP contribution >= 0.6 is 15.9 Å². The molecule has 0 aromatic heterocycles. The zero-order valence-electron chi connectivity index (χ0n) is 10.7. The molecule has 0 atom stereocenters. The quantitative estimate of drug-likeness (QED) is 0.744. The SMILES string of the molecule is COc1ccc(Br)cc1Nc1ccc(N)cc1C(=O)O. The zero-order chi connectivity index (χ0) is 14.7. The number of nitrogen functional groups attached to an aromatic ring is 1. The minimum atomic E-state index is -1.05. The van der Waals surface area contributed by atoms with Gasteiger partial charge in [0.25, 0.3) is 0 Å². The van der Waals surface area contributed by atoms with Gasteiger partial charge in [-0.1, -0.05) is 15.9 Å². The largest absolute Gasteiger partial charge is 0.495 e. The normalized spacial score (nSPS) is 10.1. The molecule has 104 valence electrons. The van der Waals surface area contributed by atoms with Crippen LogP contribution in [0.1, 0.15) is 10.4 Å². The first-order valence-corrected chi connectivity index (χ1v) is 6.54. The number of benzene rings is 2. The summed E-state index contributed by atoms with van der Waals surface area (Å²) in [6.45, 7) is 0. The number of nitrogens with one attached hydrogen (secondary N) is 1. The number of carboxylic acids is 1. The molecule has 0 aliphatic carbocycles. The number of hydrogen-bond acceptors (Lipinski definition) is 4. The molecule has 0 unspecified atom stereocenters. The summed E-state index contributed by atoms with van der Waals surface area (Å²) >= 11 is 3.37. The number of aromatic carboxylic acids is 1. The predicted octanol–water partition coefficient (Wildman–Crippen LogP) is 3.48. The molecule has 0 amide bonds. The average molecular weight is 337 g/mol. The molecule has 0 heterocycles. The number of halogens is 1. The van der Waals surface area contributed by atoms with E-state index in [0.29, 0.717) is 22.8 Å². The number of carboxylic acid groups (broad SMARTS) is 1. The van der Waals surface area contributed by atoms with Crippen molar-refractivity contribution in [3.63, 3.8) is 0 Å². The van der Waals surface area contributed by atoms with Crippen LogP contribution in [-0.2, 0) is 0 Å². The second kappa shape index (κ2) is 5.83. The van der Waals surface area contributed by atoms with E-state index in [1.54, 1.807) is 31.4 Å². The Morgan fingerprint density at radius 3 is 2.65 bits per heavy atom. The Labute approximate surface area is 124 Å². The van der Waals surface area contributed by atoms with Crippen LogP contribution in [0.2, 0.25) is 0 Å². The van der Waals surface area contributed by atoms with Gasteiger partial charge in [0.2, 0.25) is 0 Å². The van der Waals surface area contributed by atoms with E-state index in [2.05, 4.69) is 21.2 Å². The summed E-state index contributed by atoms with van der Waals surface area (Å²) < 4.78 is 6.10. The van der Waals surface area contributed by atoms with E-state index in [1.165, 1.54) is 6.07 Å². The van der Waals surface area contributed by atoms with Crippen molar-refractivity contribution < 1.29 is 14.6 Å². The number of methoxy groups -OCH3 is 1. The van der Waals surface area contributed by atoms with Crippen molar-refractivity contribution in [1.29, 1.82) is 0 Å². The highest BCUT2D eigenvalue weighted by molar-refractivity contribution is 9.10. The van der Waals surface area contributed by atoms with Crippen LogP contribution in [0.25, 0.3) is 0 Å². The first-order chi connectivity index (χ1) is 9.51. The number of ether oxygens (including phenoxy) is 1. The lowest BCUT2D eigenvalue weighted by molar-refractivity contribution is 0.0698. The molecule has 2 rings (SSSR count). The minimum Gasteiger partial charge on any atom is -0.495 e. The summed E-state index contributed by atoms with van der Waals surface area (Å²) in [4.78, 5) is 11.2. The van der Waals surface area contributed by atoms with Crippen molar-refractivity contribution in [2.75, 3.05) is 18.2 Å². The van der Waals surface area contributed by atoms with Crippen molar-refractivity contribution >= 4 is 39.0 Å². The molecular weight excluding hydrogens is 324 g/mol. The highest BCUT2D eigenvalue weighted by Gasteiger charge is 2.12. The Balaban J connectivity index is 2.44. The Bertz CT molecular complexity index is 659. The summed E-state index contributed by atoms with van der Waals surface area (Å²) in [6.07, 6.45) is 0. The topological polar surface area (TPSA) is 84.6 Å². The smallest absolute Gasteiger partial charge is 0.337 e. The lowest BCUT2D eigenvalue weighted by Crippen LogP contribution is -2.04. The lowest BCUT2D eigenvalue weighted by Gasteiger charge is -2.13. The van der Waals surface area contributed by atoms with Gasteiger partial charge in [0, 0.05) is 10.2 Å². The fraction of sp³-hybridized carbons (Fsp3) is 0.0714. The highest BCUT2D eigenvalue weighted by Crippen LogP contribution is 2.32. The van der Waals surface area contributed by atoms with Gasteiger partial charge in [0.05, 0.1) is 24.0 Å². The minimum absolute atomic E-state index is 0.104. The van der Waals surface area contributed by atoms with E-state index in [9.17, 15) is 9.90 Å². The Hall–Kier alpha value is -2.21. The summed E-state index contributed by atoms with van der Waals surface area (Å²) in [5.74, 6) is -0.435. The van der Waals surface area contributed by atoms with Crippen molar-refractivity contribution in [1.82, 2.24) is 0 Å². The number of rotatable bonds is 4. The van der Waals surface area contributed by atoms with E-state index >= 15 is 0 Å². The monoisotopic (exact) mass is 336 g/mol. The van der Waals surface area contributed by atoms with Gasteiger partial charge >= 0.3 is 5.97 Å². The Morgan fingerprint density at radius 2 is 2.00 bits per heavy atom. The van der Waals surface area contributed by atoms with Crippen LogP contribution in [0.4, 0.5) is 17.1 Å². The molecule has 0 spiro atoms. The third-order valence-corrected chi connectivity index (χ3v) is 3.20. The predicted molar refractivity (Wildman–Crippen MR) is 81.8 cm³/mol. The molecular formula is C14H13BrN2O3. The lowest BCUT2D eigenvalue weighted by atomic mass is 10.1. The van der Waals surface area contributed by atoms with Crippen molar-refractivity contribution in [2.45, 2.75) is 0 Å². The highest BCUT2D eigenvalue weighted by atomic mass is 79.9. The fourth-order valence-electron chi connectivity index (χ4n) is 1.77. The zero-order valence-corrected chi connectivity index (χ0v) is 12.3. The van der Waals surface area contributed by atoms with Crippen molar-refractivity contribution in [2.24, 2.45) is 0 Å². The van der Waals surface area contributed by atoms with E-state index < -0.39 is 5.97 Å². The van der Waals surface area contributed by atoms with Gasteiger partial charge in [0.15, 0.2) is 0 Å². The van der Waals surface area contributed by atoms with Crippen LogP contribution in [0.15, 0.2) is 40.9 Å². The third kappa shape index (κ3) is 3.03. The molecule has 0 radical (unpaired) electrons. The molecule has 0 fully saturated rings. The summed E-state index contributed by atoms with van der Waals surface area (Å²) in [6, 6.07) is 10.1. The van der Waals surface area contributed by atoms with Crippen LogP contribution in [0.5, 0.6) is 5.75 Å². The van der Waals surface area contributed by atoms with Gasteiger partial charge in [-0.2, -0.15) is 0 Å². The van der Waals surface area contributed by atoms with Crippen LogP contribution in [-0.4, -0.2) is 18.2 Å². The van der Waals surface area contributed by atoms with E-state index in [4.69, 9.17) is 10.5 Å². The number of hydrogen-bond donors (Lipinski definition) is 3. The molecule has 2 aromatic carbocycles. The first kappa shape index (κ1) is 14.2. The van der Waals surface area contributed by atoms with Crippen LogP contribution in [0, 0.1) is 0 Å². The van der Waals surface area contributed by atoms with Gasteiger partial charge in [-0.15, -0.1) is 0 Å². The van der Waals surface area contributed by atoms with Gasteiger partial charge in [0.1, 0.15) is 5.75 Å². The standard InChI is InChI=1S/C14H13BrN2O3/c1-20-13-5-2-8(15)6-12(13)17-11-4-3-9(16)7-10(11)14(18)19/h2-7,17H,16H2,1H3,(H,18,19). The molecule has 5 nitrogen and oxygen atoms in total. The molecule has 4 N–H and O–H groups in total. The Kier molecular flexibility index (Phi) is 4.14. The number of nitrogens with two attached hydrogens (primary N) is 1. The maximum absolute atomic E-state index is 11.2. The van der Waals surface area contributed by atoms with Crippen LogP contribution in [0.3, 0.4) is 0 Å². The molecule has 20 heavy (non-hydrogen) atoms. The molecule has 0 aliphatic heterocycles. The molecule has 0 bridgehead atoms. The van der Waals surface area contributed by atoms with Gasteiger partial charge < -0.3 is 20.9 Å². The van der Waals surface area contributed by atoms with Gasteiger partial charge in [-0.05, 0) is 36.4 Å². The van der Waals surface area contributed by atoms with E-state index in [0.717, 1.165) is 4.47 Å². The maximum Gasteiger partial charge on any atom is 0.337 e. The fourth-order valence-corrected chi connectivity index (χ4v) is 2.13. The van der Waals surface area contributed by atoms with Crippen LogP contribution < -0.4 is 15.8 Å². The Morgan fingerprint density at radius 1 is 1.25 bits per heavy atom. The number of anilines is 3. The van der Waals surface area contributed by atoms with Crippen molar-refractivity contribution in [3.8, 4) is 5.75 Å². The molecule has 0 aliphatic rings. The molecule has 2 aromatic rings. The van der Waals surface area contributed by atoms with E-state index in [1.807, 2.05) is 6.07 Å². The van der Waals surface area contributed by atoms with Gasteiger partial charge in [-0.25, -0.2) is 4.79 Å². The number of carbonyl (C=O) groups is 1. The third-order valence-electron chi connectivity index (χ3n) is 2.70. The molecule has 0 saturated heterocycles. The van der Waals surface area contributed by atoms with Crippen molar-refractivity contribution in [3.05, 3.63) is 46.4 Å². The molecule has 0 saturated carbocycles. The van der Waals surface area contributed by atoms with E-state index in [-0.39, 0.29) is 5.56 Å². The summed E-state index contributed by atoms with van der Waals surface area (Å²) in [7, 11) is 1.55. The molecule has 6 heteroatoms.